The molecule has 3 aromatic heterocycles. The lowest BCUT2D eigenvalue weighted by atomic mass is 10.1. The fourth-order valence-electron chi connectivity index (χ4n) is 4.30. The molecule has 15 heteroatoms. The van der Waals surface area contributed by atoms with E-state index < -0.39 is 39.2 Å². The number of pyridine rings is 1. The summed E-state index contributed by atoms with van der Waals surface area (Å²) in [6.45, 7) is 6.80. The van der Waals surface area contributed by atoms with Crippen molar-refractivity contribution in [2.45, 2.75) is 45.9 Å². The Labute approximate surface area is 247 Å². The predicted molar refractivity (Wildman–Crippen MR) is 159 cm³/mol. The minimum atomic E-state index is -3.50. The highest BCUT2D eigenvalue weighted by Gasteiger charge is 2.27. The number of amides is 2. The molecule has 2 N–H and O–H groups in total. The quantitative estimate of drug-likeness (QED) is 0.304. The first-order valence-corrected chi connectivity index (χ1v) is 15.2. The maximum absolute atomic E-state index is 13.7. The summed E-state index contributed by atoms with van der Waals surface area (Å²) in [7, 11) is -2.09. The summed E-state index contributed by atoms with van der Waals surface area (Å²) >= 11 is 6.36. The average molecular weight is 618 g/mol. The smallest absolute Gasteiger partial charge is 0.413 e. The number of hydrogen-bond acceptors (Lipinski definition) is 8. The van der Waals surface area contributed by atoms with E-state index in [9.17, 15) is 22.8 Å². The summed E-state index contributed by atoms with van der Waals surface area (Å²) in [6.07, 6.45) is 3.33. The van der Waals surface area contributed by atoms with Gasteiger partial charge in [-0.25, -0.2) is 27.0 Å². The molecule has 0 aliphatic rings. The molecule has 42 heavy (non-hydrogen) atoms. The van der Waals surface area contributed by atoms with Crippen LogP contribution < -0.4 is 16.2 Å². The van der Waals surface area contributed by atoms with Crippen LogP contribution in [0.1, 0.15) is 49.8 Å². The molecular formula is C27H32ClN7O6S. The van der Waals surface area contributed by atoms with Crippen molar-refractivity contribution in [3.05, 3.63) is 69.4 Å². The van der Waals surface area contributed by atoms with Gasteiger partial charge in [0.1, 0.15) is 11.2 Å². The van der Waals surface area contributed by atoms with Gasteiger partial charge in [-0.1, -0.05) is 23.7 Å². The molecule has 4 rings (SSSR count). The first-order valence-electron chi connectivity index (χ1n) is 12.9. The van der Waals surface area contributed by atoms with E-state index in [0.29, 0.717) is 11.1 Å². The van der Waals surface area contributed by atoms with E-state index in [0.717, 1.165) is 10.6 Å². The number of hydrogen-bond donors (Lipinski definition) is 2. The van der Waals surface area contributed by atoms with Gasteiger partial charge in [-0.3, -0.25) is 14.9 Å². The van der Waals surface area contributed by atoms with Gasteiger partial charge in [0.15, 0.2) is 11.5 Å². The Morgan fingerprint density at radius 3 is 2.60 bits per heavy atom. The van der Waals surface area contributed by atoms with E-state index in [2.05, 4.69) is 20.7 Å². The van der Waals surface area contributed by atoms with Crippen molar-refractivity contribution in [2.24, 2.45) is 0 Å². The van der Waals surface area contributed by atoms with Crippen molar-refractivity contribution in [2.75, 3.05) is 25.2 Å². The molecule has 13 nitrogen and oxygen atoms in total. The number of fused-ring (bicyclic) bond motifs is 2. The molecule has 0 aliphatic carbocycles. The minimum Gasteiger partial charge on any atom is -0.444 e. The van der Waals surface area contributed by atoms with E-state index in [-0.39, 0.29) is 40.5 Å². The molecular weight excluding hydrogens is 586 g/mol. The van der Waals surface area contributed by atoms with Crippen LogP contribution in [-0.4, -0.2) is 69.3 Å². The van der Waals surface area contributed by atoms with Gasteiger partial charge in [0.2, 0.25) is 10.0 Å². The topological polar surface area (TPSA) is 157 Å². The second-order valence-electron chi connectivity index (χ2n) is 10.7. The monoisotopic (exact) mass is 617 g/mol. The zero-order valence-corrected chi connectivity index (χ0v) is 25.6. The normalized spacial score (nSPS) is 13.0. The Morgan fingerprint density at radius 2 is 1.93 bits per heavy atom. The summed E-state index contributed by atoms with van der Waals surface area (Å²) in [5.41, 5.74) is -0.627. The number of benzene rings is 1. The van der Waals surface area contributed by atoms with Gasteiger partial charge in [0.05, 0.1) is 22.7 Å². The number of sulfonamides is 1. The Balaban J connectivity index is 1.74. The fraction of sp³-hybridized carbons (Fsp3) is 0.370. The van der Waals surface area contributed by atoms with Crippen LogP contribution in [-0.2, 0) is 21.3 Å². The summed E-state index contributed by atoms with van der Waals surface area (Å²) in [6, 6.07) is 7.62. The molecule has 224 valence electrons. The maximum Gasteiger partial charge on any atom is 0.413 e. The SMILES string of the molecule is CC(NC(=O)c1c(NC(=O)OC(C)(C)C)nn2cccnc12)c1cc2cccc(Cl)c2c(=O)n1CCN(C)S(C)(=O)=O. The summed E-state index contributed by atoms with van der Waals surface area (Å²) in [5, 5.41) is 10.8. The predicted octanol–water partition coefficient (Wildman–Crippen LogP) is 3.43. The van der Waals surface area contributed by atoms with E-state index in [1.54, 1.807) is 64.2 Å². The van der Waals surface area contributed by atoms with Gasteiger partial charge in [0.25, 0.3) is 11.5 Å². The third-order valence-electron chi connectivity index (χ3n) is 6.36. The van der Waals surface area contributed by atoms with Crippen LogP contribution in [0.4, 0.5) is 10.6 Å². The number of carbonyl (C=O) groups excluding carboxylic acids is 2. The number of aromatic nitrogens is 4. The van der Waals surface area contributed by atoms with Crippen molar-refractivity contribution in [1.82, 2.24) is 28.8 Å². The van der Waals surface area contributed by atoms with Crippen LogP contribution in [0.3, 0.4) is 0 Å². The lowest BCUT2D eigenvalue weighted by molar-refractivity contribution is 0.0635. The molecule has 1 atom stereocenters. The van der Waals surface area contributed by atoms with Crippen LogP contribution >= 0.6 is 11.6 Å². The van der Waals surface area contributed by atoms with Crippen LogP contribution in [0.2, 0.25) is 5.02 Å². The highest BCUT2D eigenvalue weighted by Crippen LogP contribution is 2.25. The molecule has 1 aromatic carbocycles. The van der Waals surface area contributed by atoms with Crippen molar-refractivity contribution < 1.29 is 22.7 Å². The summed E-state index contributed by atoms with van der Waals surface area (Å²) in [4.78, 5) is 44.1. The Morgan fingerprint density at radius 1 is 1.21 bits per heavy atom. The molecule has 0 bridgehead atoms. The molecule has 0 saturated carbocycles. The molecule has 0 aliphatic heterocycles. The highest BCUT2D eigenvalue weighted by molar-refractivity contribution is 7.88. The van der Waals surface area contributed by atoms with Gasteiger partial charge in [-0.15, -0.1) is 5.10 Å². The number of likely N-dealkylation sites (N-methyl/N-ethyl adjacent to an activating group) is 1. The van der Waals surface area contributed by atoms with E-state index in [1.165, 1.54) is 22.3 Å². The molecule has 2 amide bonds. The standard InChI is InChI=1S/C27H32ClN7O6S/c1-16(19-15-17-9-7-10-18(28)20(17)25(37)34(19)14-13-33(5)42(6,39)40)30-24(36)21-22(31-26(38)41-27(2,3)4)32-35-12-8-11-29-23(21)35/h7-12,15-16H,13-14H2,1-6H3,(H,30,36)(H,31,32,38). The Kier molecular flexibility index (Phi) is 8.62. The number of ether oxygens (including phenoxy) is 1. The average Bonchev–Trinajstić information content (AvgIpc) is 3.23. The number of carbonyl (C=O) groups is 2. The Hall–Kier alpha value is -4.01. The molecule has 0 fully saturated rings. The molecule has 1 unspecified atom stereocenters. The molecule has 3 heterocycles. The van der Waals surface area contributed by atoms with Crippen molar-refractivity contribution in [1.29, 1.82) is 0 Å². The summed E-state index contributed by atoms with van der Waals surface area (Å²) in [5.74, 6) is -0.689. The van der Waals surface area contributed by atoms with Gasteiger partial charge in [-0.05, 0) is 51.3 Å². The number of nitrogens with zero attached hydrogens (tertiary/aromatic N) is 5. The number of rotatable bonds is 8. The van der Waals surface area contributed by atoms with Gasteiger partial charge in [-0.2, -0.15) is 0 Å². The highest BCUT2D eigenvalue weighted by atomic mass is 35.5. The molecule has 0 saturated heterocycles. The Bertz CT molecular complexity index is 1850. The molecule has 4 aromatic rings. The number of halogens is 1. The fourth-order valence-corrected chi connectivity index (χ4v) is 4.97. The minimum absolute atomic E-state index is 0.00281. The molecule has 0 spiro atoms. The maximum atomic E-state index is 13.7. The van der Waals surface area contributed by atoms with Crippen molar-refractivity contribution >= 4 is 55.9 Å². The van der Waals surface area contributed by atoms with Crippen LogP contribution in [0.5, 0.6) is 0 Å². The second-order valence-corrected chi connectivity index (χ2v) is 13.2. The second kappa shape index (κ2) is 11.7. The zero-order chi connectivity index (χ0) is 31.0. The first kappa shape index (κ1) is 30.9. The number of anilines is 1. The molecule has 0 radical (unpaired) electrons. The third-order valence-corrected chi connectivity index (χ3v) is 7.99. The van der Waals surface area contributed by atoms with Gasteiger partial charge < -0.3 is 14.6 Å². The van der Waals surface area contributed by atoms with Crippen molar-refractivity contribution in [3.63, 3.8) is 0 Å². The summed E-state index contributed by atoms with van der Waals surface area (Å²) < 4.78 is 33.2. The first-order chi connectivity index (χ1) is 19.6. The third kappa shape index (κ3) is 6.72. The van der Waals surface area contributed by atoms with E-state index in [4.69, 9.17) is 16.3 Å². The van der Waals surface area contributed by atoms with Gasteiger partial charge in [0, 0.05) is 38.2 Å². The zero-order valence-electron chi connectivity index (χ0n) is 24.0. The number of nitrogens with one attached hydrogen (secondary N) is 2. The largest absolute Gasteiger partial charge is 0.444 e. The van der Waals surface area contributed by atoms with E-state index >= 15 is 0 Å². The van der Waals surface area contributed by atoms with Crippen molar-refractivity contribution in [3.8, 4) is 0 Å². The van der Waals surface area contributed by atoms with Crippen LogP contribution in [0, 0.1) is 0 Å². The van der Waals surface area contributed by atoms with Gasteiger partial charge >= 0.3 is 6.09 Å². The lowest BCUT2D eigenvalue weighted by Crippen LogP contribution is -2.36. The van der Waals surface area contributed by atoms with Crippen LogP contribution in [0.25, 0.3) is 16.4 Å². The van der Waals surface area contributed by atoms with E-state index in [1.807, 2.05) is 0 Å². The lowest BCUT2D eigenvalue weighted by Gasteiger charge is -2.23. The van der Waals surface area contributed by atoms with Crippen LogP contribution in [0.15, 0.2) is 47.5 Å².